The molecule has 2 atom stereocenters. The number of hydrogen-bond donors (Lipinski definition) is 1. The van der Waals surface area contributed by atoms with Crippen LogP contribution in [0.15, 0.2) is 34.8 Å². The van der Waals surface area contributed by atoms with Crippen LogP contribution in [-0.2, 0) is 13.5 Å². The van der Waals surface area contributed by atoms with Crippen molar-refractivity contribution in [2.24, 2.45) is 13.0 Å². The number of halogens is 1. The molecule has 3 nitrogen and oxygen atoms in total. The molecule has 2 aromatic rings. The van der Waals surface area contributed by atoms with E-state index in [1.54, 1.807) is 0 Å². The SMILES string of the molecule is CCNC(c1ccccc1)C(C)Cc1c(Br)c(C)nn1C. The van der Waals surface area contributed by atoms with Crippen molar-refractivity contribution in [3.8, 4) is 0 Å². The van der Waals surface area contributed by atoms with E-state index in [9.17, 15) is 0 Å². The number of aryl methyl sites for hydroxylation is 2. The number of benzene rings is 1. The molecule has 0 saturated carbocycles. The standard InChI is InChI=1S/C17H24BrN3/c1-5-19-17(14-9-7-6-8-10-14)12(2)11-15-16(18)13(3)20-21(15)4/h6-10,12,17,19H,5,11H2,1-4H3. The molecule has 1 N–H and O–H groups in total. The summed E-state index contributed by atoms with van der Waals surface area (Å²) < 4.78 is 3.13. The lowest BCUT2D eigenvalue weighted by Gasteiger charge is -2.25. The minimum absolute atomic E-state index is 0.360. The van der Waals surface area contributed by atoms with Crippen molar-refractivity contribution < 1.29 is 0 Å². The highest BCUT2D eigenvalue weighted by Crippen LogP contribution is 2.29. The van der Waals surface area contributed by atoms with E-state index in [0.717, 1.165) is 23.1 Å². The van der Waals surface area contributed by atoms with Gasteiger partial charge in [-0.05, 0) is 47.3 Å². The van der Waals surface area contributed by atoms with E-state index in [2.05, 4.69) is 70.5 Å². The molecule has 1 aromatic carbocycles. The van der Waals surface area contributed by atoms with Gasteiger partial charge in [-0.15, -0.1) is 0 Å². The normalized spacial score (nSPS) is 14.1. The Morgan fingerprint density at radius 3 is 2.48 bits per heavy atom. The Labute approximate surface area is 135 Å². The molecule has 0 radical (unpaired) electrons. The van der Waals surface area contributed by atoms with Crippen LogP contribution in [0.3, 0.4) is 0 Å². The first kappa shape index (κ1) is 16.2. The van der Waals surface area contributed by atoms with Crippen molar-refractivity contribution >= 4 is 15.9 Å². The van der Waals surface area contributed by atoms with Crippen LogP contribution < -0.4 is 5.32 Å². The molecule has 0 aliphatic carbocycles. The second-order valence-corrected chi connectivity index (χ2v) is 6.39. The Kier molecular flexibility index (Phi) is 5.59. The van der Waals surface area contributed by atoms with Crippen LogP contribution >= 0.6 is 15.9 Å². The molecule has 0 aliphatic heterocycles. The van der Waals surface area contributed by atoms with Gasteiger partial charge in [0.05, 0.1) is 15.9 Å². The Hall–Kier alpha value is -1.13. The van der Waals surface area contributed by atoms with Crippen molar-refractivity contribution in [3.05, 3.63) is 51.8 Å². The number of nitrogens with zero attached hydrogens (tertiary/aromatic N) is 2. The molecule has 2 unspecified atom stereocenters. The molecule has 1 aromatic heterocycles. The third-order valence-electron chi connectivity index (χ3n) is 3.93. The molecule has 21 heavy (non-hydrogen) atoms. The molecule has 0 saturated heterocycles. The maximum atomic E-state index is 4.49. The molecular weight excluding hydrogens is 326 g/mol. The van der Waals surface area contributed by atoms with Crippen molar-refractivity contribution in [1.82, 2.24) is 15.1 Å². The summed E-state index contributed by atoms with van der Waals surface area (Å²) in [6.07, 6.45) is 0.991. The number of aromatic nitrogens is 2. The fourth-order valence-electron chi connectivity index (χ4n) is 2.85. The highest BCUT2D eigenvalue weighted by Gasteiger charge is 2.21. The lowest BCUT2D eigenvalue weighted by molar-refractivity contribution is 0.384. The first-order valence-corrected chi connectivity index (χ1v) is 8.30. The second kappa shape index (κ2) is 7.23. The highest BCUT2D eigenvalue weighted by atomic mass is 79.9. The summed E-state index contributed by atoms with van der Waals surface area (Å²) in [5, 5.41) is 8.11. The van der Waals surface area contributed by atoms with Crippen LogP contribution in [-0.4, -0.2) is 16.3 Å². The van der Waals surface area contributed by atoms with Gasteiger partial charge in [-0.25, -0.2) is 0 Å². The predicted octanol–water partition coefficient (Wildman–Crippen LogP) is 4.02. The van der Waals surface area contributed by atoms with Gasteiger partial charge in [0.15, 0.2) is 0 Å². The number of nitrogens with one attached hydrogen (secondary N) is 1. The van der Waals surface area contributed by atoms with Gasteiger partial charge in [-0.1, -0.05) is 44.2 Å². The molecule has 0 aliphatic rings. The third kappa shape index (κ3) is 3.74. The maximum Gasteiger partial charge on any atom is 0.0738 e. The zero-order valence-corrected chi connectivity index (χ0v) is 14.8. The number of hydrogen-bond acceptors (Lipinski definition) is 2. The third-order valence-corrected chi connectivity index (χ3v) is 4.96. The van der Waals surface area contributed by atoms with E-state index in [1.165, 1.54) is 11.3 Å². The Morgan fingerprint density at radius 2 is 1.95 bits per heavy atom. The minimum atomic E-state index is 0.360. The average Bonchev–Trinajstić information content (AvgIpc) is 2.72. The first-order chi connectivity index (χ1) is 10.0. The smallest absolute Gasteiger partial charge is 0.0738 e. The molecule has 0 amide bonds. The van der Waals surface area contributed by atoms with Crippen molar-refractivity contribution in [1.29, 1.82) is 0 Å². The lowest BCUT2D eigenvalue weighted by Crippen LogP contribution is -2.28. The quantitative estimate of drug-likeness (QED) is 0.853. The summed E-state index contributed by atoms with van der Waals surface area (Å²) >= 11 is 3.67. The Bertz CT molecular complexity index is 577. The zero-order valence-electron chi connectivity index (χ0n) is 13.2. The summed E-state index contributed by atoms with van der Waals surface area (Å²) in [6.45, 7) is 7.47. The van der Waals surface area contributed by atoms with Crippen LogP contribution in [0.4, 0.5) is 0 Å². The van der Waals surface area contributed by atoms with Crippen molar-refractivity contribution in [3.63, 3.8) is 0 Å². The molecule has 114 valence electrons. The number of rotatable bonds is 6. The van der Waals surface area contributed by atoms with Gasteiger partial charge in [0, 0.05) is 13.1 Å². The van der Waals surface area contributed by atoms with Gasteiger partial charge in [0.1, 0.15) is 0 Å². The largest absolute Gasteiger partial charge is 0.310 e. The fourth-order valence-corrected chi connectivity index (χ4v) is 3.35. The lowest BCUT2D eigenvalue weighted by atomic mass is 9.90. The molecule has 0 fully saturated rings. The van der Waals surface area contributed by atoms with E-state index in [4.69, 9.17) is 0 Å². The Balaban J connectivity index is 2.21. The second-order valence-electron chi connectivity index (χ2n) is 5.60. The highest BCUT2D eigenvalue weighted by molar-refractivity contribution is 9.10. The summed E-state index contributed by atoms with van der Waals surface area (Å²) in [7, 11) is 2.02. The van der Waals surface area contributed by atoms with Crippen molar-refractivity contribution in [2.45, 2.75) is 33.2 Å². The molecular formula is C17H24BrN3. The van der Waals surface area contributed by atoms with Gasteiger partial charge in [0.25, 0.3) is 0 Å². The average molecular weight is 350 g/mol. The zero-order chi connectivity index (χ0) is 15.4. The summed E-state index contributed by atoms with van der Waals surface area (Å²) in [5.74, 6) is 0.485. The van der Waals surface area contributed by atoms with Crippen molar-refractivity contribution in [2.75, 3.05) is 6.54 Å². The van der Waals surface area contributed by atoms with E-state index in [1.807, 2.05) is 18.7 Å². The fraction of sp³-hybridized carbons (Fsp3) is 0.471. The van der Waals surface area contributed by atoms with Crippen LogP contribution in [0.1, 0.15) is 36.8 Å². The van der Waals surface area contributed by atoms with Gasteiger partial charge in [-0.3, -0.25) is 4.68 Å². The topological polar surface area (TPSA) is 29.9 Å². The summed E-state index contributed by atoms with van der Waals surface area (Å²) in [4.78, 5) is 0. The van der Waals surface area contributed by atoms with Gasteiger partial charge in [-0.2, -0.15) is 5.10 Å². The predicted molar refractivity (Wildman–Crippen MR) is 91.4 cm³/mol. The molecule has 0 spiro atoms. The molecule has 2 rings (SSSR count). The molecule has 1 heterocycles. The van der Waals surface area contributed by atoms with Crippen LogP contribution in [0.2, 0.25) is 0 Å². The monoisotopic (exact) mass is 349 g/mol. The van der Waals surface area contributed by atoms with E-state index < -0.39 is 0 Å². The summed E-state index contributed by atoms with van der Waals surface area (Å²) in [5.41, 5.74) is 3.67. The van der Waals surface area contributed by atoms with Gasteiger partial charge >= 0.3 is 0 Å². The van der Waals surface area contributed by atoms with E-state index in [0.29, 0.717) is 12.0 Å². The summed E-state index contributed by atoms with van der Waals surface area (Å²) in [6, 6.07) is 11.0. The molecule has 4 heteroatoms. The van der Waals surface area contributed by atoms with E-state index >= 15 is 0 Å². The van der Waals surface area contributed by atoms with Crippen LogP contribution in [0.25, 0.3) is 0 Å². The first-order valence-electron chi connectivity index (χ1n) is 7.50. The van der Waals surface area contributed by atoms with E-state index in [-0.39, 0.29) is 0 Å². The minimum Gasteiger partial charge on any atom is -0.310 e. The Morgan fingerprint density at radius 1 is 1.29 bits per heavy atom. The maximum absolute atomic E-state index is 4.49. The van der Waals surface area contributed by atoms with Gasteiger partial charge in [0.2, 0.25) is 0 Å². The van der Waals surface area contributed by atoms with Crippen LogP contribution in [0, 0.1) is 12.8 Å². The molecule has 0 bridgehead atoms. The van der Waals surface area contributed by atoms with Crippen LogP contribution in [0.5, 0.6) is 0 Å². The van der Waals surface area contributed by atoms with Gasteiger partial charge < -0.3 is 5.32 Å².